The molecule has 0 unspecified atom stereocenters. The smallest absolute Gasteiger partial charge is 0.273 e. The molecule has 1 aliphatic rings. The minimum Gasteiger partial charge on any atom is -0.618 e. The van der Waals surface area contributed by atoms with Crippen LogP contribution in [0.4, 0.5) is 18.9 Å². The minimum absolute atomic E-state index is 0.0706. The van der Waals surface area contributed by atoms with Crippen LogP contribution in [0, 0.1) is 22.7 Å². The lowest BCUT2D eigenvalue weighted by atomic mass is 10.0. The molecule has 100 valence electrons. The first kappa shape index (κ1) is 12.4. The molecule has 0 radical (unpaired) electrons. The van der Waals surface area contributed by atoms with E-state index in [2.05, 4.69) is 0 Å². The number of hydrogen-bond acceptors (Lipinski definition) is 2. The van der Waals surface area contributed by atoms with Gasteiger partial charge in [-0.05, 0) is 24.3 Å². The van der Waals surface area contributed by atoms with E-state index < -0.39 is 34.6 Å². The normalized spacial score (nSPS) is 13.8. The van der Waals surface area contributed by atoms with Crippen molar-refractivity contribution in [3.8, 4) is 0 Å². The van der Waals surface area contributed by atoms with Crippen LogP contribution in [0.1, 0.15) is 15.9 Å². The summed E-state index contributed by atoms with van der Waals surface area (Å²) in [5.41, 5.74) is -1.28. The number of benzene rings is 2. The van der Waals surface area contributed by atoms with E-state index >= 15 is 0 Å². The highest BCUT2D eigenvalue weighted by molar-refractivity contribution is 6.52. The van der Waals surface area contributed by atoms with Crippen molar-refractivity contribution in [2.24, 2.45) is 0 Å². The molecule has 2 aromatic carbocycles. The summed E-state index contributed by atoms with van der Waals surface area (Å²) in [5, 5.41) is 12.0. The van der Waals surface area contributed by atoms with Crippen LogP contribution >= 0.6 is 0 Å². The number of fused-ring (bicyclic) bond motifs is 1. The van der Waals surface area contributed by atoms with Gasteiger partial charge in [-0.15, -0.1) is 0 Å². The molecule has 0 fully saturated rings. The van der Waals surface area contributed by atoms with E-state index in [1.165, 1.54) is 12.1 Å². The van der Waals surface area contributed by atoms with Gasteiger partial charge in [0.25, 0.3) is 17.2 Å². The zero-order chi connectivity index (χ0) is 14.4. The molecule has 0 saturated heterocycles. The van der Waals surface area contributed by atoms with Crippen molar-refractivity contribution < 1.29 is 22.7 Å². The first-order chi connectivity index (χ1) is 9.49. The van der Waals surface area contributed by atoms with E-state index in [0.717, 1.165) is 18.2 Å². The molecule has 6 heteroatoms. The standard InChI is InChI=1S/C14H6F3NO2/c15-8-4-7(5-9(16)6-8)12-14(19)10-2-1-3-11(17)13(10)18(12)20/h1-6H. The van der Waals surface area contributed by atoms with Crippen LogP contribution < -0.4 is 0 Å². The third-order valence-electron chi connectivity index (χ3n) is 2.99. The summed E-state index contributed by atoms with van der Waals surface area (Å²) in [5.74, 6) is -3.48. The van der Waals surface area contributed by atoms with Gasteiger partial charge in [-0.1, -0.05) is 6.07 Å². The lowest BCUT2D eigenvalue weighted by Crippen LogP contribution is -2.17. The van der Waals surface area contributed by atoms with E-state index in [1.807, 2.05) is 0 Å². The molecule has 20 heavy (non-hydrogen) atoms. The molecule has 0 N–H and O–H groups in total. The first-order valence-corrected chi connectivity index (χ1v) is 5.63. The molecule has 0 bridgehead atoms. The maximum Gasteiger partial charge on any atom is 0.273 e. The number of Topliss-reactive ketones (excluding diaryl/α,β-unsaturated/α-hetero) is 1. The summed E-state index contributed by atoms with van der Waals surface area (Å²) in [6.07, 6.45) is 0. The van der Waals surface area contributed by atoms with Crippen molar-refractivity contribution in [2.45, 2.75) is 0 Å². The van der Waals surface area contributed by atoms with Crippen molar-refractivity contribution >= 4 is 17.2 Å². The van der Waals surface area contributed by atoms with Crippen LogP contribution in [0.2, 0.25) is 0 Å². The van der Waals surface area contributed by atoms with E-state index in [4.69, 9.17) is 0 Å². The van der Waals surface area contributed by atoms with Crippen molar-refractivity contribution in [3.63, 3.8) is 0 Å². The molecule has 0 amide bonds. The monoisotopic (exact) mass is 277 g/mol. The predicted molar refractivity (Wildman–Crippen MR) is 64.5 cm³/mol. The second-order valence-electron chi connectivity index (χ2n) is 4.27. The van der Waals surface area contributed by atoms with Gasteiger partial charge in [-0.3, -0.25) is 4.79 Å². The third-order valence-corrected chi connectivity index (χ3v) is 2.99. The fraction of sp³-hybridized carbons (Fsp3) is 0. The Bertz CT molecular complexity index is 764. The Hall–Kier alpha value is -2.63. The van der Waals surface area contributed by atoms with Crippen molar-refractivity contribution in [2.75, 3.05) is 0 Å². The van der Waals surface area contributed by atoms with Gasteiger partial charge in [-0.25, -0.2) is 8.78 Å². The summed E-state index contributed by atoms with van der Waals surface area (Å²) < 4.78 is 40.0. The Morgan fingerprint density at radius 3 is 2.25 bits per heavy atom. The maximum atomic E-state index is 13.6. The van der Waals surface area contributed by atoms with Crippen LogP contribution in [0.5, 0.6) is 0 Å². The Morgan fingerprint density at radius 1 is 1.00 bits per heavy atom. The van der Waals surface area contributed by atoms with Crippen LogP contribution in [0.3, 0.4) is 0 Å². The van der Waals surface area contributed by atoms with E-state index in [1.54, 1.807) is 0 Å². The Labute approximate surface area is 111 Å². The highest BCUT2D eigenvalue weighted by atomic mass is 19.1. The number of hydrogen-bond donors (Lipinski definition) is 0. The summed E-state index contributed by atoms with van der Waals surface area (Å²) in [4.78, 5) is 12.1. The fourth-order valence-corrected chi connectivity index (χ4v) is 2.18. The van der Waals surface area contributed by atoms with Gasteiger partial charge in [0.2, 0.25) is 0 Å². The average molecular weight is 277 g/mol. The van der Waals surface area contributed by atoms with Gasteiger partial charge in [0, 0.05) is 6.07 Å². The van der Waals surface area contributed by atoms with Gasteiger partial charge >= 0.3 is 0 Å². The van der Waals surface area contributed by atoms with Crippen LogP contribution in [0.15, 0.2) is 36.4 Å². The zero-order valence-corrected chi connectivity index (χ0v) is 9.86. The summed E-state index contributed by atoms with van der Waals surface area (Å²) >= 11 is 0. The number of nitrogens with zero attached hydrogens (tertiary/aromatic N) is 1. The highest BCUT2D eigenvalue weighted by Gasteiger charge is 2.39. The molecule has 0 atom stereocenters. The molecule has 1 heterocycles. The summed E-state index contributed by atoms with van der Waals surface area (Å²) in [6, 6.07) is 5.93. The van der Waals surface area contributed by atoms with Crippen LogP contribution in [-0.2, 0) is 0 Å². The lowest BCUT2D eigenvalue weighted by Gasteiger charge is -2.03. The van der Waals surface area contributed by atoms with E-state index in [0.29, 0.717) is 6.07 Å². The quantitative estimate of drug-likeness (QED) is 0.594. The van der Waals surface area contributed by atoms with Crippen LogP contribution in [0.25, 0.3) is 0 Å². The fourth-order valence-electron chi connectivity index (χ4n) is 2.18. The molecular formula is C14H6F3NO2. The van der Waals surface area contributed by atoms with Gasteiger partial charge in [0.1, 0.15) is 17.2 Å². The van der Waals surface area contributed by atoms with Crippen molar-refractivity contribution in [1.82, 2.24) is 0 Å². The number of rotatable bonds is 1. The van der Waals surface area contributed by atoms with E-state index in [9.17, 15) is 23.2 Å². The molecule has 1 aliphatic heterocycles. The predicted octanol–water partition coefficient (Wildman–Crippen LogP) is 2.93. The second-order valence-corrected chi connectivity index (χ2v) is 4.27. The molecule has 0 spiro atoms. The molecule has 3 nitrogen and oxygen atoms in total. The van der Waals surface area contributed by atoms with Crippen LogP contribution in [-0.4, -0.2) is 16.2 Å². The Balaban J connectivity index is 2.26. The first-order valence-electron chi connectivity index (χ1n) is 5.63. The number of carbonyl (C=O) groups is 1. The molecular weight excluding hydrogens is 271 g/mol. The topological polar surface area (TPSA) is 43.1 Å². The van der Waals surface area contributed by atoms with Gasteiger partial charge in [0.15, 0.2) is 5.82 Å². The SMILES string of the molecule is O=C1C(c2cc(F)cc(F)c2)=[N+]([O-])c2c(F)cccc21. The maximum absolute atomic E-state index is 13.6. The zero-order valence-electron chi connectivity index (χ0n) is 9.86. The molecule has 0 saturated carbocycles. The van der Waals surface area contributed by atoms with Gasteiger partial charge in [-0.2, -0.15) is 9.13 Å². The lowest BCUT2D eigenvalue weighted by molar-refractivity contribution is -0.358. The highest BCUT2D eigenvalue weighted by Crippen LogP contribution is 2.30. The molecule has 2 aromatic rings. The number of halogens is 3. The van der Waals surface area contributed by atoms with E-state index in [-0.39, 0.29) is 15.9 Å². The largest absolute Gasteiger partial charge is 0.618 e. The van der Waals surface area contributed by atoms with Crippen molar-refractivity contribution in [3.05, 3.63) is 70.2 Å². The molecule has 0 aliphatic carbocycles. The van der Waals surface area contributed by atoms with Crippen molar-refractivity contribution in [1.29, 1.82) is 0 Å². The third kappa shape index (κ3) is 1.69. The Morgan fingerprint density at radius 2 is 1.65 bits per heavy atom. The molecule has 3 rings (SSSR count). The Kier molecular flexibility index (Phi) is 2.60. The number of ketones is 1. The average Bonchev–Trinajstić information content (AvgIpc) is 2.61. The summed E-state index contributed by atoms with van der Waals surface area (Å²) in [7, 11) is 0. The molecule has 0 aromatic heterocycles. The van der Waals surface area contributed by atoms with Gasteiger partial charge < -0.3 is 5.21 Å². The second kappa shape index (κ2) is 4.19. The number of carbonyl (C=O) groups excluding carboxylic acids is 1. The minimum atomic E-state index is -0.926. The summed E-state index contributed by atoms with van der Waals surface area (Å²) in [6.45, 7) is 0. The number of para-hydroxylation sites is 1. The van der Waals surface area contributed by atoms with Gasteiger partial charge in [0.05, 0.1) is 5.56 Å².